The van der Waals surface area contributed by atoms with Gasteiger partial charge >= 0.3 is 0 Å². The molecular weight excluding hydrogens is 194 g/mol. The van der Waals surface area contributed by atoms with Gasteiger partial charge in [-0.15, -0.1) is 0 Å². The maximum absolute atomic E-state index is 13.2. The highest BCUT2D eigenvalue weighted by Gasteiger charge is 2.38. The van der Waals surface area contributed by atoms with Gasteiger partial charge in [-0.2, -0.15) is 0 Å². The zero-order valence-electron chi connectivity index (χ0n) is 8.50. The molecule has 0 N–H and O–H groups in total. The summed E-state index contributed by atoms with van der Waals surface area (Å²) in [5, 5.41) is 0. The van der Waals surface area contributed by atoms with Crippen LogP contribution in [0, 0.1) is 5.92 Å². The molecular formula is C13H14F2. The summed E-state index contributed by atoms with van der Waals surface area (Å²) in [5.41, 5.74) is 1.14. The number of hydrogen-bond acceptors (Lipinski definition) is 0. The third kappa shape index (κ3) is 2.44. The average Bonchev–Trinajstić information content (AvgIpc) is 2.56. The third-order valence-electron chi connectivity index (χ3n) is 2.93. The van der Waals surface area contributed by atoms with E-state index in [4.69, 9.17) is 0 Å². The minimum atomic E-state index is -2.59. The maximum atomic E-state index is 13.2. The first-order valence-electron chi connectivity index (χ1n) is 5.28. The van der Waals surface area contributed by atoms with Gasteiger partial charge in [-0.1, -0.05) is 36.4 Å². The summed E-state index contributed by atoms with van der Waals surface area (Å²) in [6.07, 6.45) is 4.45. The second-order valence-corrected chi connectivity index (χ2v) is 4.03. The molecule has 1 aliphatic rings. The van der Waals surface area contributed by atoms with Crippen molar-refractivity contribution in [1.82, 2.24) is 0 Å². The summed E-state index contributed by atoms with van der Waals surface area (Å²) in [6.45, 7) is 0. The van der Waals surface area contributed by atoms with Crippen LogP contribution in [0.4, 0.5) is 8.78 Å². The Morgan fingerprint density at radius 3 is 2.53 bits per heavy atom. The molecule has 0 bridgehead atoms. The maximum Gasteiger partial charge on any atom is 0.269 e. The van der Waals surface area contributed by atoms with Crippen LogP contribution in [-0.4, -0.2) is 5.92 Å². The van der Waals surface area contributed by atoms with Crippen molar-refractivity contribution in [1.29, 1.82) is 0 Å². The van der Waals surface area contributed by atoms with E-state index in [-0.39, 0.29) is 0 Å². The normalized spacial score (nSPS) is 23.2. The van der Waals surface area contributed by atoms with Gasteiger partial charge in [0.2, 0.25) is 0 Å². The van der Waals surface area contributed by atoms with E-state index in [2.05, 4.69) is 0 Å². The van der Waals surface area contributed by atoms with E-state index < -0.39 is 11.8 Å². The number of halogens is 2. The quantitative estimate of drug-likeness (QED) is 0.662. The standard InChI is InChI=1S/C13H14F2/c14-13(15)10-4-7-12(13)9-8-11-5-2-1-3-6-11/h1-6,10,12H,7-9H2. The Labute approximate surface area is 88.6 Å². The smallest absolute Gasteiger partial charge is 0.202 e. The van der Waals surface area contributed by atoms with Crippen LogP contribution in [0.15, 0.2) is 42.5 Å². The Hall–Kier alpha value is -1.18. The van der Waals surface area contributed by atoms with E-state index >= 15 is 0 Å². The van der Waals surface area contributed by atoms with Crippen LogP contribution in [-0.2, 0) is 6.42 Å². The van der Waals surface area contributed by atoms with Crippen LogP contribution in [0.5, 0.6) is 0 Å². The minimum absolute atomic E-state index is 0.502. The van der Waals surface area contributed by atoms with Gasteiger partial charge < -0.3 is 0 Å². The molecule has 1 atom stereocenters. The van der Waals surface area contributed by atoms with E-state index in [1.807, 2.05) is 30.3 Å². The van der Waals surface area contributed by atoms with Gasteiger partial charge in [-0.05, 0) is 30.9 Å². The average molecular weight is 208 g/mol. The SMILES string of the molecule is FC1(F)C=CCC1CCc1ccccc1. The Balaban J connectivity index is 1.90. The van der Waals surface area contributed by atoms with Crippen LogP contribution in [0.1, 0.15) is 18.4 Å². The molecule has 0 fully saturated rings. The summed E-state index contributed by atoms with van der Waals surface area (Å²) < 4.78 is 26.4. The van der Waals surface area contributed by atoms with Crippen molar-refractivity contribution in [3.63, 3.8) is 0 Å². The summed E-state index contributed by atoms with van der Waals surface area (Å²) in [5.74, 6) is -3.09. The molecule has 80 valence electrons. The predicted molar refractivity (Wildman–Crippen MR) is 57.0 cm³/mol. The van der Waals surface area contributed by atoms with E-state index in [0.29, 0.717) is 12.8 Å². The molecule has 0 nitrogen and oxygen atoms in total. The number of aryl methyl sites for hydroxylation is 1. The summed E-state index contributed by atoms with van der Waals surface area (Å²) in [6, 6.07) is 9.80. The molecule has 1 aliphatic carbocycles. The van der Waals surface area contributed by atoms with Gasteiger partial charge in [0.1, 0.15) is 0 Å². The monoisotopic (exact) mass is 208 g/mol. The summed E-state index contributed by atoms with van der Waals surface area (Å²) in [4.78, 5) is 0. The Kier molecular flexibility index (Phi) is 2.85. The second kappa shape index (κ2) is 4.13. The molecule has 0 aliphatic heterocycles. The fourth-order valence-corrected chi connectivity index (χ4v) is 1.98. The number of hydrogen-bond donors (Lipinski definition) is 0. The van der Waals surface area contributed by atoms with Crippen LogP contribution in [0.2, 0.25) is 0 Å². The molecule has 2 rings (SSSR count). The van der Waals surface area contributed by atoms with Crippen LogP contribution >= 0.6 is 0 Å². The van der Waals surface area contributed by atoms with Crippen molar-refractivity contribution >= 4 is 0 Å². The van der Waals surface area contributed by atoms with Gasteiger partial charge in [-0.3, -0.25) is 0 Å². The van der Waals surface area contributed by atoms with Gasteiger partial charge in [-0.25, -0.2) is 8.78 Å². The van der Waals surface area contributed by atoms with E-state index in [1.54, 1.807) is 6.08 Å². The van der Waals surface area contributed by atoms with E-state index in [9.17, 15) is 8.78 Å². The highest BCUT2D eigenvalue weighted by Crippen LogP contribution is 2.37. The van der Waals surface area contributed by atoms with Crippen molar-refractivity contribution < 1.29 is 8.78 Å². The van der Waals surface area contributed by atoms with Gasteiger partial charge in [0, 0.05) is 5.92 Å². The molecule has 0 spiro atoms. The van der Waals surface area contributed by atoms with Gasteiger partial charge in [0.05, 0.1) is 0 Å². The van der Waals surface area contributed by atoms with Gasteiger partial charge in [0.25, 0.3) is 5.92 Å². The lowest BCUT2D eigenvalue weighted by atomic mass is 9.95. The van der Waals surface area contributed by atoms with Gasteiger partial charge in [0.15, 0.2) is 0 Å². The van der Waals surface area contributed by atoms with Crippen molar-refractivity contribution in [2.75, 3.05) is 0 Å². The molecule has 0 saturated carbocycles. The lowest BCUT2D eigenvalue weighted by Gasteiger charge is -2.18. The third-order valence-corrected chi connectivity index (χ3v) is 2.93. The fraction of sp³-hybridized carbons (Fsp3) is 0.385. The van der Waals surface area contributed by atoms with Crippen molar-refractivity contribution in [3.05, 3.63) is 48.0 Å². The predicted octanol–water partition coefficient (Wildman–Crippen LogP) is 3.83. The minimum Gasteiger partial charge on any atom is -0.202 e. The molecule has 2 heteroatoms. The van der Waals surface area contributed by atoms with Crippen LogP contribution < -0.4 is 0 Å². The fourth-order valence-electron chi connectivity index (χ4n) is 1.98. The van der Waals surface area contributed by atoms with E-state index in [0.717, 1.165) is 18.1 Å². The lowest BCUT2D eigenvalue weighted by molar-refractivity contribution is -0.000926. The highest BCUT2D eigenvalue weighted by molar-refractivity contribution is 5.16. The molecule has 0 amide bonds. The molecule has 1 aromatic carbocycles. The topological polar surface area (TPSA) is 0 Å². The number of benzene rings is 1. The molecule has 0 heterocycles. The highest BCUT2D eigenvalue weighted by atomic mass is 19.3. The van der Waals surface area contributed by atoms with Crippen LogP contribution in [0.3, 0.4) is 0 Å². The lowest BCUT2D eigenvalue weighted by Crippen LogP contribution is -2.21. The Morgan fingerprint density at radius 1 is 1.20 bits per heavy atom. The Bertz CT molecular complexity index is 341. The van der Waals surface area contributed by atoms with Crippen molar-refractivity contribution in [3.8, 4) is 0 Å². The number of allylic oxidation sites excluding steroid dienone is 2. The molecule has 0 aromatic heterocycles. The van der Waals surface area contributed by atoms with Crippen molar-refractivity contribution in [2.45, 2.75) is 25.2 Å². The zero-order chi connectivity index (χ0) is 10.7. The first-order valence-corrected chi connectivity index (χ1v) is 5.28. The number of rotatable bonds is 3. The van der Waals surface area contributed by atoms with Crippen LogP contribution in [0.25, 0.3) is 0 Å². The second-order valence-electron chi connectivity index (χ2n) is 4.03. The van der Waals surface area contributed by atoms with E-state index in [1.165, 1.54) is 0 Å². The first-order chi connectivity index (χ1) is 7.18. The molecule has 15 heavy (non-hydrogen) atoms. The molecule has 1 unspecified atom stereocenters. The summed E-state index contributed by atoms with van der Waals surface area (Å²) >= 11 is 0. The van der Waals surface area contributed by atoms with Crippen molar-refractivity contribution in [2.24, 2.45) is 5.92 Å². The molecule has 0 radical (unpaired) electrons. The zero-order valence-corrected chi connectivity index (χ0v) is 8.50. The number of alkyl halides is 2. The largest absolute Gasteiger partial charge is 0.269 e. The Morgan fingerprint density at radius 2 is 1.93 bits per heavy atom. The first kappa shape index (κ1) is 10.3. The molecule has 0 saturated heterocycles. The molecule has 1 aromatic rings. The summed E-state index contributed by atoms with van der Waals surface area (Å²) in [7, 11) is 0.